The molecule has 2 fully saturated rings. The summed E-state index contributed by atoms with van der Waals surface area (Å²) in [7, 11) is 0. The van der Waals surface area contributed by atoms with Crippen LogP contribution in [0, 0.1) is 90.5 Å². The quantitative estimate of drug-likeness (QED) is 0.0363. The summed E-state index contributed by atoms with van der Waals surface area (Å²) >= 11 is 0. The minimum absolute atomic E-state index is 0. The number of aliphatic carboxylic acids is 1. The van der Waals surface area contributed by atoms with Crippen molar-refractivity contribution in [1.82, 2.24) is 24.3 Å². The zero-order valence-electron chi connectivity index (χ0n) is 60.9. The van der Waals surface area contributed by atoms with Gasteiger partial charge in [-0.2, -0.15) is 53.3 Å². The highest BCUT2D eigenvalue weighted by Gasteiger charge is 2.38. The number of carboxylic acids is 1. The molecule has 0 spiro atoms. The van der Waals surface area contributed by atoms with Gasteiger partial charge in [0, 0.05) is 65.9 Å². The minimum Gasteiger partial charge on any atom is -0.480 e. The largest absolute Gasteiger partial charge is 0.480 e. The van der Waals surface area contributed by atoms with Gasteiger partial charge in [0.15, 0.2) is 0 Å². The van der Waals surface area contributed by atoms with Crippen molar-refractivity contribution < 1.29 is 77.7 Å². The predicted octanol–water partition coefficient (Wildman–Crippen LogP) is 15.5. The molecule has 4 aromatic carbocycles. The Hall–Kier alpha value is -7.46. The van der Waals surface area contributed by atoms with Crippen LogP contribution in [0.5, 0.6) is 0 Å². The standard InChI is InChI=1S/C38H46F5N3O4.C21H22F5NO2.C17H26N2O3.2H2S/c1-8-50-32(48)19-29(34-35(39)24(6)17-27(36(34)40)33-22(4)10-11-28(25(33)7)38(41,42)43)44-37(49)30(16-21(2)3)46-20-26(23(5)18-31(46)47)12-15-45-13-9-14-45;1-5-29-16(28)9-15(27)18-19(22)11(3)8-13(20(18)23)17-10(2)6-7-14(12(17)4)21(24,25)26;1-12(2)9-15(17(21)22)19-11-14(13(3)10-16(19)20)5-8-18-6-4-7-18;;/h10-11,17-18,20-21,29-30H,8-9,12-16,19H2,1-7H3,(H,44,49);6-8,15H,5,9,27H2,1-4H3;10-12,15H,4-9H2,1-3H3,(H,21,22);2*1H2/t29-,30?;15-;;;/m00.../s1. The summed E-state index contributed by atoms with van der Waals surface area (Å²) in [5.41, 5.74) is 5.43. The van der Waals surface area contributed by atoms with Crippen LogP contribution >= 0.6 is 27.0 Å². The van der Waals surface area contributed by atoms with Gasteiger partial charge in [-0.05, 0) is 237 Å². The highest BCUT2D eigenvalue weighted by molar-refractivity contribution is 7.59. The van der Waals surface area contributed by atoms with Gasteiger partial charge in [-0.25, -0.2) is 22.4 Å². The SMILES string of the molecule is CCOC(=O)C[C@H](N)c1c(F)c(C)cc(-c2c(C)ccc(C(F)(F)F)c2C)c1F.CCOC(=O)C[C@H](NC(=O)C(CC(C)C)n1cc(CCN2CCC2)c(C)cc1=O)c1c(F)c(C)cc(-c2c(C)ccc(C(F)(F)F)c2C)c1F.Cc1cc(=O)n(C(CC(C)C)C(=O)O)cc1CCN1CCC1.S.S. The number of amides is 1. The number of nitrogens with one attached hydrogen (secondary N) is 1. The first-order valence-electron chi connectivity index (χ1n) is 34.0. The highest BCUT2D eigenvalue weighted by Crippen LogP contribution is 2.44. The zero-order chi connectivity index (χ0) is 75.4. The number of hydrogen-bond donors (Lipinski definition) is 3. The second kappa shape index (κ2) is 38.0. The number of carbonyl (C=O) groups excluding carboxylic acids is 3. The number of rotatable bonds is 25. The van der Waals surface area contributed by atoms with Crippen LogP contribution in [0.2, 0.25) is 0 Å². The molecule has 0 bridgehead atoms. The second-order valence-electron chi connectivity index (χ2n) is 27.1. The van der Waals surface area contributed by atoms with Gasteiger partial charge < -0.3 is 44.6 Å². The smallest absolute Gasteiger partial charge is 0.416 e. The number of nitrogens with two attached hydrogens (primary N) is 1. The number of hydrogen-bond acceptors (Lipinski definition) is 11. The number of aryl methyl sites for hydroxylation is 6. The number of nitrogens with zero attached hydrogens (tertiary/aromatic N) is 4. The predicted molar refractivity (Wildman–Crippen MR) is 388 cm³/mol. The molecule has 568 valence electrons. The molecule has 2 aliphatic heterocycles. The maximum Gasteiger partial charge on any atom is 0.416 e. The van der Waals surface area contributed by atoms with Crippen molar-refractivity contribution in [2.24, 2.45) is 17.6 Å². The molecular weight excluding hydrogens is 1390 g/mol. The zero-order valence-corrected chi connectivity index (χ0v) is 62.9. The number of esters is 2. The molecule has 2 aromatic heterocycles. The van der Waals surface area contributed by atoms with Crippen molar-refractivity contribution >= 4 is 50.8 Å². The van der Waals surface area contributed by atoms with E-state index in [-0.39, 0.29) is 109 Å². The van der Waals surface area contributed by atoms with Crippen molar-refractivity contribution in [3.05, 3.63) is 183 Å². The van der Waals surface area contributed by atoms with E-state index in [0.29, 0.717) is 24.0 Å². The molecule has 0 saturated carbocycles. The molecule has 2 saturated heterocycles. The van der Waals surface area contributed by atoms with E-state index in [4.69, 9.17) is 15.2 Å². The third kappa shape index (κ3) is 22.3. The Morgan fingerprint density at radius 3 is 1.29 bits per heavy atom. The number of carbonyl (C=O) groups is 4. The minimum atomic E-state index is -4.73. The Morgan fingerprint density at radius 1 is 0.544 bits per heavy atom. The van der Waals surface area contributed by atoms with Crippen LogP contribution in [0.15, 0.2) is 70.5 Å². The molecule has 4 atom stereocenters. The first kappa shape index (κ1) is 87.9. The van der Waals surface area contributed by atoms with Gasteiger partial charge in [0.1, 0.15) is 35.4 Å². The first-order valence-corrected chi connectivity index (χ1v) is 34.0. The average molecular weight is 1490 g/mol. The Kier molecular flexibility index (Phi) is 32.4. The Labute approximate surface area is 609 Å². The summed E-state index contributed by atoms with van der Waals surface area (Å²) in [6, 6.07) is 4.76. The van der Waals surface area contributed by atoms with Crippen LogP contribution in [0.4, 0.5) is 43.9 Å². The number of carboxylic acid groups (broad SMARTS) is 1. The first-order chi connectivity index (χ1) is 47.2. The highest BCUT2D eigenvalue weighted by atomic mass is 32.1. The van der Waals surface area contributed by atoms with Crippen molar-refractivity contribution in [3.8, 4) is 22.3 Å². The van der Waals surface area contributed by atoms with Crippen molar-refractivity contribution in [2.75, 3.05) is 52.5 Å². The number of alkyl halides is 6. The summed E-state index contributed by atoms with van der Waals surface area (Å²) in [5, 5.41) is 12.1. The molecule has 103 heavy (non-hydrogen) atoms. The van der Waals surface area contributed by atoms with E-state index in [1.807, 2.05) is 41.5 Å². The van der Waals surface area contributed by atoms with Crippen molar-refractivity contribution in [3.63, 3.8) is 0 Å². The van der Waals surface area contributed by atoms with Crippen LogP contribution in [-0.2, 0) is 53.8 Å². The van der Waals surface area contributed by atoms with Crippen LogP contribution in [0.25, 0.3) is 22.3 Å². The maximum atomic E-state index is 16.7. The molecule has 8 rings (SSSR count). The molecule has 27 heteroatoms. The summed E-state index contributed by atoms with van der Waals surface area (Å²) in [6.07, 6.45) is -2.50. The summed E-state index contributed by atoms with van der Waals surface area (Å²) in [4.78, 5) is 80.5. The van der Waals surface area contributed by atoms with E-state index in [9.17, 15) is 64.6 Å². The van der Waals surface area contributed by atoms with Crippen LogP contribution in [0.3, 0.4) is 0 Å². The normalized spacial score (nSPS) is 14.3. The lowest BCUT2D eigenvalue weighted by Gasteiger charge is -2.31. The van der Waals surface area contributed by atoms with E-state index in [1.54, 1.807) is 39.2 Å². The van der Waals surface area contributed by atoms with Gasteiger partial charge in [-0.15, -0.1) is 0 Å². The number of benzene rings is 4. The molecule has 15 nitrogen and oxygen atoms in total. The molecule has 0 aliphatic carbocycles. The topological polar surface area (TPSA) is 196 Å². The van der Waals surface area contributed by atoms with Gasteiger partial charge in [-0.3, -0.25) is 24.0 Å². The van der Waals surface area contributed by atoms with Gasteiger partial charge in [-0.1, -0.05) is 39.8 Å². The fourth-order valence-electron chi connectivity index (χ4n) is 12.8. The average Bonchev–Trinajstić information content (AvgIpc) is 0.762. The van der Waals surface area contributed by atoms with Crippen LogP contribution in [0.1, 0.15) is 182 Å². The summed E-state index contributed by atoms with van der Waals surface area (Å²) < 4.78 is 157. The van der Waals surface area contributed by atoms with Gasteiger partial charge in [0.05, 0.1) is 43.2 Å². The number of likely N-dealkylation sites (tertiary alicyclic amines) is 2. The molecule has 4 heterocycles. The van der Waals surface area contributed by atoms with Gasteiger partial charge >= 0.3 is 30.3 Å². The second-order valence-corrected chi connectivity index (χ2v) is 27.1. The fraction of sp³-hybridized carbons (Fsp3) is 0.500. The van der Waals surface area contributed by atoms with E-state index in [1.165, 1.54) is 68.4 Å². The maximum absolute atomic E-state index is 16.7. The third-order valence-electron chi connectivity index (χ3n) is 18.5. The summed E-state index contributed by atoms with van der Waals surface area (Å²) in [5.74, 6) is -7.44. The molecule has 1 amide bonds. The Bertz CT molecular complexity index is 4110. The van der Waals surface area contributed by atoms with Crippen molar-refractivity contribution in [2.45, 2.75) is 185 Å². The molecular formula is C76H98F10N6O9S2. The van der Waals surface area contributed by atoms with Crippen LogP contribution < -0.4 is 22.2 Å². The van der Waals surface area contributed by atoms with Gasteiger partial charge in [0.25, 0.3) is 11.1 Å². The third-order valence-corrected chi connectivity index (χ3v) is 18.5. The number of pyridine rings is 2. The van der Waals surface area contributed by atoms with E-state index in [2.05, 4.69) is 15.1 Å². The molecule has 6 aromatic rings. The number of halogens is 10. The molecule has 0 radical (unpaired) electrons. The van der Waals surface area contributed by atoms with Gasteiger partial charge in [0.2, 0.25) is 5.91 Å². The summed E-state index contributed by atoms with van der Waals surface area (Å²) in [6.45, 7) is 28.9. The van der Waals surface area contributed by atoms with Crippen molar-refractivity contribution in [1.29, 1.82) is 0 Å². The van der Waals surface area contributed by atoms with E-state index in [0.717, 1.165) is 98.6 Å². The lowest BCUT2D eigenvalue weighted by molar-refractivity contribution is -0.144. The number of ether oxygens (including phenoxy) is 2. The monoisotopic (exact) mass is 1490 g/mol. The Balaban J connectivity index is 0.000000358. The van der Waals surface area contributed by atoms with E-state index < -0.39 is 124 Å². The Morgan fingerprint density at radius 2 is 0.922 bits per heavy atom. The lowest BCUT2D eigenvalue weighted by atomic mass is 9.87. The molecule has 2 aliphatic rings. The number of aromatic nitrogens is 2. The van der Waals surface area contributed by atoms with Crippen LogP contribution in [-0.4, -0.2) is 100 Å². The molecule has 4 N–H and O–H groups in total. The van der Waals surface area contributed by atoms with E-state index >= 15 is 13.2 Å². The lowest BCUT2D eigenvalue weighted by Crippen LogP contribution is -2.41. The molecule has 2 unspecified atom stereocenters. The fourth-order valence-corrected chi connectivity index (χ4v) is 12.8.